The van der Waals surface area contributed by atoms with Crippen molar-refractivity contribution in [2.45, 2.75) is 19.4 Å². The van der Waals surface area contributed by atoms with Crippen LogP contribution in [0.1, 0.15) is 23.8 Å². The Hall–Kier alpha value is -1.20. The second-order valence-electron chi connectivity index (χ2n) is 4.77. The Labute approximate surface area is 120 Å². The van der Waals surface area contributed by atoms with Crippen LogP contribution in [0.25, 0.3) is 0 Å². The zero-order valence-electron chi connectivity index (χ0n) is 10.6. The molecule has 2 atom stereocenters. The lowest BCUT2D eigenvalue weighted by molar-refractivity contribution is -0.142. The van der Waals surface area contributed by atoms with Crippen molar-refractivity contribution in [1.82, 2.24) is 9.47 Å². The molecule has 0 saturated carbocycles. The minimum absolute atomic E-state index is 0.0623. The summed E-state index contributed by atoms with van der Waals surface area (Å²) in [7, 11) is 1.62. The first kappa shape index (κ1) is 14.2. The number of carboxylic acid groups (broad SMARTS) is 1. The number of carbonyl (C=O) groups is 2. The quantitative estimate of drug-likeness (QED) is 0.911. The van der Waals surface area contributed by atoms with Crippen molar-refractivity contribution in [2.24, 2.45) is 13.0 Å². The number of aromatic nitrogens is 1. The van der Waals surface area contributed by atoms with Gasteiger partial charge in [0.1, 0.15) is 16.9 Å². The van der Waals surface area contributed by atoms with Gasteiger partial charge in [0.25, 0.3) is 5.91 Å². The largest absolute Gasteiger partial charge is 0.480 e. The molecule has 7 heteroatoms. The molecule has 1 aromatic heterocycles. The molecule has 1 aliphatic rings. The predicted molar refractivity (Wildman–Crippen MR) is 71.7 cm³/mol. The molecule has 1 fully saturated rings. The van der Waals surface area contributed by atoms with Gasteiger partial charge in [-0.3, -0.25) is 4.79 Å². The summed E-state index contributed by atoms with van der Waals surface area (Å²) in [5.74, 6) is -1.40. The van der Waals surface area contributed by atoms with E-state index < -0.39 is 12.0 Å². The molecular weight excluding hydrogens is 291 g/mol. The van der Waals surface area contributed by atoms with Gasteiger partial charge in [0, 0.05) is 13.6 Å². The number of hydrogen-bond donors (Lipinski definition) is 1. The fourth-order valence-electron chi connectivity index (χ4n) is 2.45. The third-order valence-corrected chi connectivity index (χ3v) is 4.39. The molecule has 1 aliphatic heterocycles. The topological polar surface area (TPSA) is 62.5 Å². The van der Waals surface area contributed by atoms with E-state index in [1.165, 1.54) is 15.5 Å². The summed E-state index contributed by atoms with van der Waals surface area (Å²) in [5, 5.41) is 9.78. The van der Waals surface area contributed by atoms with E-state index in [1.54, 1.807) is 7.05 Å². The molecule has 0 aromatic carbocycles. The molecule has 1 N–H and O–H groups in total. The SMILES string of the molecule is CC1CCN(C(=O)c2cc(Cl)c(Cl)n2C)C1C(=O)O. The molecule has 104 valence electrons. The van der Waals surface area contributed by atoms with Gasteiger partial charge in [-0.15, -0.1) is 0 Å². The van der Waals surface area contributed by atoms with Crippen LogP contribution in [-0.2, 0) is 11.8 Å². The average Bonchev–Trinajstić information content (AvgIpc) is 2.84. The standard InChI is InChI=1S/C12H14Cl2N2O3/c1-6-3-4-16(9(6)12(18)19)11(17)8-5-7(13)10(14)15(8)2/h5-6,9H,3-4H2,1-2H3,(H,18,19). The molecule has 0 radical (unpaired) electrons. The summed E-state index contributed by atoms with van der Waals surface area (Å²) in [6.07, 6.45) is 0.675. The van der Waals surface area contributed by atoms with Crippen LogP contribution in [0.5, 0.6) is 0 Å². The van der Waals surface area contributed by atoms with Gasteiger partial charge in [0.2, 0.25) is 0 Å². The number of aliphatic carboxylic acids is 1. The van der Waals surface area contributed by atoms with Crippen LogP contribution in [0, 0.1) is 5.92 Å². The Morgan fingerprint density at radius 2 is 2.05 bits per heavy atom. The summed E-state index contributed by atoms with van der Waals surface area (Å²) in [4.78, 5) is 25.1. The van der Waals surface area contributed by atoms with Crippen LogP contribution in [-0.4, -0.2) is 39.0 Å². The van der Waals surface area contributed by atoms with Crippen LogP contribution in [0.3, 0.4) is 0 Å². The second-order valence-corrected chi connectivity index (χ2v) is 5.54. The van der Waals surface area contributed by atoms with Crippen molar-refractivity contribution >= 4 is 35.1 Å². The average molecular weight is 305 g/mol. The van der Waals surface area contributed by atoms with Crippen LogP contribution in [0.2, 0.25) is 10.2 Å². The van der Waals surface area contributed by atoms with Gasteiger partial charge in [0.05, 0.1) is 5.02 Å². The van der Waals surface area contributed by atoms with Crippen LogP contribution in [0.4, 0.5) is 0 Å². The van der Waals surface area contributed by atoms with Crippen molar-refractivity contribution < 1.29 is 14.7 Å². The number of amides is 1. The van der Waals surface area contributed by atoms with E-state index in [0.29, 0.717) is 18.7 Å². The van der Waals surface area contributed by atoms with E-state index in [-0.39, 0.29) is 22.0 Å². The van der Waals surface area contributed by atoms with Crippen LogP contribution < -0.4 is 0 Å². The molecule has 1 amide bonds. The normalized spacial score (nSPS) is 22.8. The Balaban J connectivity index is 2.34. The third kappa shape index (κ3) is 2.32. The van der Waals surface area contributed by atoms with Gasteiger partial charge in [-0.1, -0.05) is 30.1 Å². The number of nitrogens with zero attached hydrogens (tertiary/aromatic N) is 2. The van der Waals surface area contributed by atoms with Crippen LogP contribution in [0.15, 0.2) is 6.07 Å². The fraction of sp³-hybridized carbons (Fsp3) is 0.500. The zero-order chi connectivity index (χ0) is 14.3. The fourth-order valence-corrected chi connectivity index (χ4v) is 2.82. The van der Waals surface area contributed by atoms with Crippen molar-refractivity contribution in [3.63, 3.8) is 0 Å². The summed E-state index contributed by atoms with van der Waals surface area (Å²) >= 11 is 11.8. The highest BCUT2D eigenvalue weighted by molar-refractivity contribution is 6.41. The highest BCUT2D eigenvalue weighted by Crippen LogP contribution is 2.30. The molecule has 2 heterocycles. The van der Waals surface area contributed by atoms with Gasteiger partial charge in [-0.2, -0.15) is 0 Å². The lowest BCUT2D eigenvalue weighted by Crippen LogP contribution is -2.43. The monoisotopic (exact) mass is 304 g/mol. The summed E-state index contributed by atoms with van der Waals surface area (Å²) < 4.78 is 1.47. The molecule has 5 nitrogen and oxygen atoms in total. The smallest absolute Gasteiger partial charge is 0.326 e. The van der Waals surface area contributed by atoms with E-state index in [0.717, 1.165) is 0 Å². The maximum atomic E-state index is 12.4. The first-order valence-corrected chi connectivity index (χ1v) is 6.64. The van der Waals surface area contributed by atoms with Gasteiger partial charge in [-0.05, 0) is 18.4 Å². The van der Waals surface area contributed by atoms with Crippen molar-refractivity contribution in [1.29, 1.82) is 0 Å². The predicted octanol–water partition coefficient (Wildman–Crippen LogP) is 2.27. The third-order valence-electron chi connectivity index (χ3n) is 3.55. The number of carbonyl (C=O) groups excluding carboxylic acids is 1. The van der Waals surface area contributed by atoms with E-state index in [9.17, 15) is 14.7 Å². The maximum absolute atomic E-state index is 12.4. The molecule has 1 aromatic rings. The number of rotatable bonds is 2. The number of hydrogen-bond acceptors (Lipinski definition) is 2. The lowest BCUT2D eigenvalue weighted by atomic mass is 10.0. The minimum atomic E-state index is -0.982. The Morgan fingerprint density at radius 1 is 1.42 bits per heavy atom. The first-order valence-electron chi connectivity index (χ1n) is 5.89. The van der Waals surface area contributed by atoms with E-state index in [2.05, 4.69) is 0 Å². The lowest BCUT2D eigenvalue weighted by Gasteiger charge is -2.23. The molecule has 1 saturated heterocycles. The van der Waals surface area contributed by atoms with Crippen molar-refractivity contribution in [3.05, 3.63) is 21.9 Å². The molecule has 2 unspecified atom stereocenters. The van der Waals surface area contributed by atoms with Crippen LogP contribution >= 0.6 is 23.2 Å². The summed E-state index contributed by atoms with van der Waals surface area (Å²) in [5.41, 5.74) is 0.301. The van der Waals surface area contributed by atoms with Crippen molar-refractivity contribution in [2.75, 3.05) is 6.54 Å². The molecule has 19 heavy (non-hydrogen) atoms. The summed E-state index contributed by atoms with van der Waals surface area (Å²) in [6.45, 7) is 2.26. The molecule has 0 spiro atoms. The maximum Gasteiger partial charge on any atom is 0.326 e. The van der Waals surface area contributed by atoms with E-state index in [4.69, 9.17) is 23.2 Å². The Morgan fingerprint density at radius 3 is 2.53 bits per heavy atom. The highest BCUT2D eigenvalue weighted by Gasteiger charge is 2.40. The van der Waals surface area contributed by atoms with Crippen molar-refractivity contribution in [3.8, 4) is 0 Å². The van der Waals surface area contributed by atoms with Gasteiger partial charge < -0.3 is 14.6 Å². The summed E-state index contributed by atoms with van der Waals surface area (Å²) in [6, 6.07) is 0.675. The molecule has 2 rings (SSSR count). The van der Waals surface area contributed by atoms with Gasteiger partial charge in [0.15, 0.2) is 0 Å². The number of carboxylic acids is 1. The molecule has 0 bridgehead atoms. The Kier molecular flexibility index (Phi) is 3.78. The minimum Gasteiger partial charge on any atom is -0.480 e. The first-order chi connectivity index (χ1) is 8.84. The van der Waals surface area contributed by atoms with E-state index >= 15 is 0 Å². The zero-order valence-corrected chi connectivity index (χ0v) is 12.1. The Bertz CT molecular complexity index is 541. The van der Waals surface area contributed by atoms with Gasteiger partial charge in [-0.25, -0.2) is 4.79 Å². The number of halogens is 2. The van der Waals surface area contributed by atoms with E-state index in [1.807, 2.05) is 6.92 Å². The highest BCUT2D eigenvalue weighted by atomic mass is 35.5. The van der Waals surface area contributed by atoms with Gasteiger partial charge >= 0.3 is 5.97 Å². The molecule has 0 aliphatic carbocycles. The number of likely N-dealkylation sites (tertiary alicyclic amines) is 1. The second kappa shape index (κ2) is 5.06. The molecular formula is C12H14Cl2N2O3.